The zero-order valence-corrected chi connectivity index (χ0v) is 13.5. The highest BCUT2D eigenvalue weighted by Crippen LogP contribution is 2.22. The van der Waals surface area contributed by atoms with Crippen molar-refractivity contribution in [3.05, 3.63) is 81.8 Å². The van der Waals surface area contributed by atoms with E-state index >= 15 is 0 Å². The highest BCUT2D eigenvalue weighted by molar-refractivity contribution is 7.98. The van der Waals surface area contributed by atoms with E-state index in [1.165, 1.54) is 28.5 Å². The van der Waals surface area contributed by atoms with Crippen molar-refractivity contribution >= 4 is 11.8 Å². The molecule has 2 aromatic carbocycles. The fourth-order valence-corrected chi connectivity index (χ4v) is 3.25. The monoisotopic (exact) mass is 347 g/mol. The Bertz CT molecular complexity index is 877. The molecule has 1 heterocycles. The Labute approximate surface area is 141 Å². The maximum Gasteiger partial charge on any atom is 0.343 e. The van der Waals surface area contributed by atoms with E-state index in [1.807, 2.05) is 30.3 Å². The molecule has 0 saturated heterocycles. The lowest BCUT2D eigenvalue weighted by molar-refractivity contribution is 0.502. The molecule has 124 valence electrons. The van der Waals surface area contributed by atoms with Gasteiger partial charge in [0.25, 0.3) is 0 Å². The van der Waals surface area contributed by atoms with Crippen molar-refractivity contribution in [3.8, 4) is 0 Å². The van der Waals surface area contributed by atoms with Crippen LogP contribution < -0.4 is 5.69 Å². The predicted molar refractivity (Wildman–Crippen MR) is 88.9 cm³/mol. The quantitative estimate of drug-likeness (QED) is 0.696. The Morgan fingerprint density at radius 2 is 1.88 bits per heavy atom. The molecule has 0 aliphatic heterocycles. The molecular weight excluding hydrogens is 332 g/mol. The number of aryl methyl sites for hydroxylation is 1. The van der Waals surface area contributed by atoms with Gasteiger partial charge in [0.05, 0.1) is 0 Å². The predicted octanol–water partition coefficient (Wildman–Crippen LogP) is 3.38. The maximum atomic E-state index is 13.7. The molecule has 0 amide bonds. The summed E-state index contributed by atoms with van der Waals surface area (Å²) in [5.74, 6) is -1.55. The Kier molecular flexibility index (Phi) is 5.10. The third-order valence-electron chi connectivity index (χ3n) is 3.58. The molecule has 0 radical (unpaired) electrons. The third kappa shape index (κ3) is 3.73. The Morgan fingerprint density at radius 3 is 2.67 bits per heavy atom. The summed E-state index contributed by atoms with van der Waals surface area (Å²) in [7, 11) is 0. The molecule has 1 N–H and O–H groups in total. The van der Waals surface area contributed by atoms with Crippen molar-refractivity contribution in [2.24, 2.45) is 0 Å². The molecular formula is C17H15F2N3OS. The molecule has 0 bridgehead atoms. The van der Waals surface area contributed by atoms with E-state index < -0.39 is 11.6 Å². The van der Waals surface area contributed by atoms with Gasteiger partial charge in [0.2, 0.25) is 0 Å². The van der Waals surface area contributed by atoms with E-state index in [4.69, 9.17) is 0 Å². The molecule has 3 aromatic rings. The van der Waals surface area contributed by atoms with Crippen LogP contribution in [0, 0.1) is 11.6 Å². The average Bonchev–Trinajstić information content (AvgIpc) is 2.95. The van der Waals surface area contributed by atoms with Gasteiger partial charge in [-0.1, -0.05) is 54.2 Å². The zero-order chi connectivity index (χ0) is 16.9. The number of benzene rings is 2. The van der Waals surface area contributed by atoms with Crippen LogP contribution in [0.3, 0.4) is 0 Å². The summed E-state index contributed by atoms with van der Waals surface area (Å²) in [5.41, 5.74) is 1.04. The molecule has 0 aliphatic rings. The van der Waals surface area contributed by atoms with Gasteiger partial charge in [0.15, 0.2) is 16.8 Å². The molecule has 0 unspecified atom stereocenters. The van der Waals surface area contributed by atoms with Crippen molar-refractivity contribution in [1.82, 2.24) is 14.8 Å². The third-order valence-corrected chi connectivity index (χ3v) is 4.60. The minimum absolute atomic E-state index is 0.194. The number of H-pyrrole nitrogens is 1. The van der Waals surface area contributed by atoms with Gasteiger partial charge in [0, 0.05) is 17.9 Å². The summed E-state index contributed by atoms with van der Waals surface area (Å²) in [6.07, 6.45) is 0.683. The van der Waals surface area contributed by atoms with Gasteiger partial charge >= 0.3 is 5.69 Å². The minimum atomic E-state index is -0.878. The van der Waals surface area contributed by atoms with Crippen LogP contribution in [-0.2, 0) is 18.7 Å². The lowest BCUT2D eigenvalue weighted by Crippen LogP contribution is -2.18. The highest BCUT2D eigenvalue weighted by Gasteiger charge is 2.12. The average molecular weight is 347 g/mol. The Hall–Kier alpha value is -2.41. The number of aromatic amines is 1. The summed E-state index contributed by atoms with van der Waals surface area (Å²) in [6.45, 7) is 0.466. The van der Waals surface area contributed by atoms with E-state index in [9.17, 15) is 13.6 Å². The first-order valence-electron chi connectivity index (χ1n) is 7.40. The first-order valence-corrected chi connectivity index (χ1v) is 8.38. The number of rotatable bonds is 6. The number of nitrogens with one attached hydrogen (secondary N) is 1. The molecule has 4 nitrogen and oxygen atoms in total. The lowest BCUT2D eigenvalue weighted by atomic mass is 10.1. The van der Waals surface area contributed by atoms with Gasteiger partial charge in [-0.2, -0.15) is 0 Å². The van der Waals surface area contributed by atoms with Gasteiger partial charge in [0.1, 0.15) is 0 Å². The smallest absolute Gasteiger partial charge is 0.270 e. The molecule has 0 aliphatic carbocycles. The van der Waals surface area contributed by atoms with Gasteiger partial charge in [-0.3, -0.25) is 4.57 Å². The largest absolute Gasteiger partial charge is 0.343 e. The summed E-state index contributed by atoms with van der Waals surface area (Å²) >= 11 is 1.19. The van der Waals surface area contributed by atoms with E-state index in [2.05, 4.69) is 10.2 Å². The fourth-order valence-electron chi connectivity index (χ4n) is 2.30. The van der Waals surface area contributed by atoms with Gasteiger partial charge < -0.3 is 0 Å². The van der Waals surface area contributed by atoms with Crippen LogP contribution in [0.5, 0.6) is 0 Å². The minimum Gasteiger partial charge on any atom is -0.270 e. The van der Waals surface area contributed by atoms with Crippen LogP contribution in [0.2, 0.25) is 0 Å². The first kappa shape index (κ1) is 16.4. The Balaban J connectivity index is 1.70. The van der Waals surface area contributed by atoms with Gasteiger partial charge in [-0.15, -0.1) is 5.10 Å². The van der Waals surface area contributed by atoms with Crippen LogP contribution in [0.15, 0.2) is 58.5 Å². The summed E-state index contributed by atoms with van der Waals surface area (Å²) in [5, 5.41) is 6.83. The topological polar surface area (TPSA) is 50.7 Å². The molecule has 0 saturated carbocycles. The van der Waals surface area contributed by atoms with E-state index in [1.54, 1.807) is 0 Å². The second kappa shape index (κ2) is 7.44. The number of thioether (sulfide) groups is 1. The normalized spacial score (nSPS) is 10.9. The van der Waals surface area contributed by atoms with Crippen LogP contribution in [0.25, 0.3) is 0 Å². The van der Waals surface area contributed by atoms with Crippen LogP contribution >= 0.6 is 11.8 Å². The number of halogens is 2. The van der Waals surface area contributed by atoms with E-state index in [0.717, 1.165) is 11.6 Å². The van der Waals surface area contributed by atoms with Crippen molar-refractivity contribution in [2.75, 3.05) is 0 Å². The second-order valence-electron chi connectivity index (χ2n) is 5.20. The second-order valence-corrected chi connectivity index (χ2v) is 6.14. The van der Waals surface area contributed by atoms with Crippen molar-refractivity contribution < 1.29 is 8.78 Å². The van der Waals surface area contributed by atoms with Crippen LogP contribution in [0.4, 0.5) is 8.78 Å². The highest BCUT2D eigenvalue weighted by atomic mass is 32.2. The van der Waals surface area contributed by atoms with E-state index in [-0.39, 0.29) is 17.0 Å². The maximum absolute atomic E-state index is 13.7. The molecule has 24 heavy (non-hydrogen) atoms. The summed E-state index contributed by atoms with van der Waals surface area (Å²) in [6, 6.07) is 13.8. The van der Waals surface area contributed by atoms with Crippen LogP contribution in [0.1, 0.15) is 11.1 Å². The zero-order valence-electron chi connectivity index (χ0n) is 12.7. The Morgan fingerprint density at radius 1 is 1.08 bits per heavy atom. The molecule has 0 fully saturated rings. The SMILES string of the molecule is O=c1[nH]nc(SCc2cccc(F)c2F)n1CCc1ccccc1. The van der Waals surface area contributed by atoms with Crippen molar-refractivity contribution in [3.63, 3.8) is 0 Å². The first-order chi connectivity index (χ1) is 11.6. The lowest BCUT2D eigenvalue weighted by Gasteiger charge is -2.06. The van der Waals surface area contributed by atoms with Gasteiger partial charge in [-0.25, -0.2) is 18.7 Å². The van der Waals surface area contributed by atoms with Gasteiger partial charge in [-0.05, 0) is 18.1 Å². The van der Waals surface area contributed by atoms with Crippen molar-refractivity contribution in [2.45, 2.75) is 23.9 Å². The molecule has 0 atom stereocenters. The molecule has 1 aromatic heterocycles. The molecule has 0 spiro atoms. The van der Waals surface area contributed by atoms with Crippen LogP contribution in [-0.4, -0.2) is 14.8 Å². The number of nitrogens with zero attached hydrogens (tertiary/aromatic N) is 2. The summed E-state index contributed by atoms with van der Waals surface area (Å²) in [4.78, 5) is 11.9. The molecule has 7 heteroatoms. The van der Waals surface area contributed by atoms with E-state index in [0.29, 0.717) is 18.1 Å². The number of hydrogen-bond acceptors (Lipinski definition) is 3. The summed E-state index contributed by atoms with van der Waals surface area (Å²) < 4.78 is 28.4. The number of hydrogen-bond donors (Lipinski definition) is 1. The fraction of sp³-hybridized carbons (Fsp3) is 0.176. The van der Waals surface area contributed by atoms with Crippen molar-refractivity contribution in [1.29, 1.82) is 0 Å². The molecule has 3 rings (SSSR count). The standard InChI is InChI=1S/C17H15F2N3OS/c18-14-8-4-7-13(15(14)19)11-24-17-21-20-16(23)22(17)10-9-12-5-2-1-3-6-12/h1-8H,9-11H2,(H,20,23). The number of aromatic nitrogens is 3.